The van der Waals surface area contributed by atoms with Gasteiger partial charge in [-0.2, -0.15) is 26.3 Å². The molecule has 8 heteroatoms. The second kappa shape index (κ2) is 4.27. The summed E-state index contributed by atoms with van der Waals surface area (Å²) in [5.74, 6) is 0. The largest absolute Gasteiger partial charge is 0.418 e. The number of carbonyl (C=O) groups excluding carboxylic acids is 1. The molecule has 0 aliphatic rings. The average Bonchev–Trinajstić information content (AvgIpc) is 2.15. The Kier molecular flexibility index (Phi) is 3.35. The first kappa shape index (κ1) is 13.3. The summed E-state index contributed by atoms with van der Waals surface area (Å²) in [4.78, 5) is 10.0. The van der Waals surface area contributed by atoms with E-state index in [0.29, 0.717) is 12.1 Å². The molecule has 0 spiro atoms. The smallest absolute Gasteiger partial charge is 0.328 e. The summed E-state index contributed by atoms with van der Waals surface area (Å²) in [6.07, 6.45) is -9.90. The molecule has 0 unspecified atom stereocenters. The van der Waals surface area contributed by atoms with E-state index >= 15 is 0 Å². The topological polar surface area (TPSA) is 29.1 Å². The first-order chi connectivity index (χ1) is 7.66. The van der Waals surface area contributed by atoms with Crippen molar-refractivity contribution in [1.29, 1.82) is 0 Å². The van der Waals surface area contributed by atoms with Gasteiger partial charge in [-0.1, -0.05) is 0 Å². The Bertz CT molecular complexity index is 422. The lowest BCUT2D eigenvalue weighted by molar-refractivity contribution is -0.142. The Morgan fingerprint density at radius 2 is 1.59 bits per heavy atom. The van der Waals surface area contributed by atoms with Gasteiger partial charge >= 0.3 is 12.4 Å². The number of hydrogen-bond donors (Lipinski definition) is 1. The Balaban J connectivity index is 3.34. The molecular formula is C9H5F6NO. The number of carbonyl (C=O) groups is 1. The predicted molar refractivity (Wildman–Crippen MR) is 46.1 cm³/mol. The second-order valence-electron chi connectivity index (χ2n) is 3.02. The molecule has 94 valence electrons. The molecular weight excluding hydrogens is 252 g/mol. The molecule has 0 aliphatic carbocycles. The van der Waals surface area contributed by atoms with Gasteiger partial charge in [-0.25, -0.2) is 0 Å². The third-order valence-corrected chi connectivity index (χ3v) is 1.87. The summed E-state index contributed by atoms with van der Waals surface area (Å²) < 4.78 is 73.9. The Morgan fingerprint density at radius 3 is 2.00 bits per heavy atom. The average molecular weight is 257 g/mol. The minimum Gasteiger partial charge on any atom is -0.328 e. The third kappa shape index (κ3) is 3.11. The van der Waals surface area contributed by atoms with Crippen molar-refractivity contribution in [3.63, 3.8) is 0 Å². The van der Waals surface area contributed by atoms with Crippen LogP contribution < -0.4 is 5.32 Å². The van der Waals surface area contributed by atoms with Crippen LogP contribution in [0.25, 0.3) is 0 Å². The zero-order chi connectivity index (χ0) is 13.3. The molecule has 1 N–H and O–H groups in total. The molecule has 0 atom stereocenters. The van der Waals surface area contributed by atoms with Gasteiger partial charge in [0.2, 0.25) is 6.41 Å². The fourth-order valence-corrected chi connectivity index (χ4v) is 1.14. The Labute approximate surface area is 91.2 Å². The van der Waals surface area contributed by atoms with E-state index in [0.717, 1.165) is 0 Å². The number of rotatable bonds is 2. The van der Waals surface area contributed by atoms with Gasteiger partial charge in [0.1, 0.15) is 0 Å². The van der Waals surface area contributed by atoms with Gasteiger partial charge in [0.25, 0.3) is 0 Å². The van der Waals surface area contributed by atoms with Gasteiger partial charge in [-0.05, 0) is 18.2 Å². The van der Waals surface area contributed by atoms with Gasteiger partial charge in [0, 0.05) is 0 Å². The molecule has 2 nitrogen and oxygen atoms in total. The third-order valence-electron chi connectivity index (χ3n) is 1.87. The summed E-state index contributed by atoms with van der Waals surface area (Å²) in [5.41, 5.74) is -3.69. The molecule has 1 rings (SSSR count). The van der Waals surface area contributed by atoms with Crippen LogP contribution in [0.1, 0.15) is 11.1 Å². The fourth-order valence-electron chi connectivity index (χ4n) is 1.14. The van der Waals surface area contributed by atoms with E-state index < -0.39 is 29.2 Å². The normalized spacial score (nSPS) is 12.4. The summed E-state index contributed by atoms with van der Waals surface area (Å²) >= 11 is 0. The monoisotopic (exact) mass is 257 g/mol. The molecule has 0 saturated heterocycles. The fraction of sp³-hybridized carbons (Fsp3) is 0.222. The van der Waals surface area contributed by atoms with E-state index in [1.165, 1.54) is 0 Å². The first-order valence-electron chi connectivity index (χ1n) is 4.15. The number of anilines is 1. The van der Waals surface area contributed by atoms with Crippen LogP contribution in [0.3, 0.4) is 0 Å². The van der Waals surface area contributed by atoms with E-state index in [9.17, 15) is 31.1 Å². The summed E-state index contributed by atoms with van der Waals surface area (Å²) in [6.45, 7) is 0. The quantitative estimate of drug-likeness (QED) is 0.639. The maximum atomic E-state index is 12.4. The van der Waals surface area contributed by atoms with E-state index in [-0.39, 0.29) is 12.5 Å². The van der Waals surface area contributed by atoms with E-state index in [4.69, 9.17) is 0 Å². The summed E-state index contributed by atoms with van der Waals surface area (Å²) in [7, 11) is 0. The lowest BCUT2D eigenvalue weighted by Crippen LogP contribution is -2.13. The van der Waals surface area contributed by atoms with Crippen LogP contribution in [0, 0.1) is 0 Å². The predicted octanol–water partition coefficient (Wildman–Crippen LogP) is 3.29. The van der Waals surface area contributed by atoms with Crippen LogP contribution in [0.15, 0.2) is 18.2 Å². The van der Waals surface area contributed by atoms with Crippen LogP contribution in [0.2, 0.25) is 0 Å². The Hall–Kier alpha value is -1.73. The van der Waals surface area contributed by atoms with E-state index in [2.05, 4.69) is 0 Å². The van der Waals surface area contributed by atoms with Crippen molar-refractivity contribution in [3.05, 3.63) is 29.3 Å². The van der Waals surface area contributed by atoms with Crippen molar-refractivity contribution in [1.82, 2.24) is 0 Å². The van der Waals surface area contributed by atoms with Crippen molar-refractivity contribution in [2.45, 2.75) is 12.4 Å². The van der Waals surface area contributed by atoms with Gasteiger partial charge in [-0.3, -0.25) is 4.79 Å². The van der Waals surface area contributed by atoms with Crippen molar-refractivity contribution in [3.8, 4) is 0 Å². The Morgan fingerprint density at radius 1 is 1.00 bits per heavy atom. The number of hydrogen-bond acceptors (Lipinski definition) is 1. The van der Waals surface area contributed by atoms with Crippen LogP contribution in [0.5, 0.6) is 0 Å². The molecule has 0 fully saturated rings. The van der Waals surface area contributed by atoms with Crippen LogP contribution >= 0.6 is 0 Å². The number of halogens is 6. The molecule has 1 aromatic rings. The molecule has 0 aromatic heterocycles. The molecule has 1 aromatic carbocycles. The zero-order valence-electron chi connectivity index (χ0n) is 7.99. The maximum absolute atomic E-state index is 12.4. The van der Waals surface area contributed by atoms with Gasteiger partial charge in [-0.15, -0.1) is 0 Å². The number of benzene rings is 1. The van der Waals surface area contributed by atoms with Gasteiger partial charge in [0.15, 0.2) is 0 Å². The highest BCUT2D eigenvalue weighted by molar-refractivity contribution is 5.74. The minimum atomic E-state index is -4.98. The molecule has 17 heavy (non-hydrogen) atoms. The van der Waals surface area contributed by atoms with E-state index in [1.54, 1.807) is 5.32 Å². The highest BCUT2D eigenvalue weighted by atomic mass is 19.4. The summed E-state index contributed by atoms with van der Waals surface area (Å²) in [5, 5.41) is 1.69. The van der Waals surface area contributed by atoms with E-state index in [1.807, 2.05) is 0 Å². The van der Waals surface area contributed by atoms with Gasteiger partial charge < -0.3 is 5.32 Å². The van der Waals surface area contributed by atoms with Crippen LogP contribution in [-0.2, 0) is 17.1 Å². The van der Waals surface area contributed by atoms with Gasteiger partial charge in [0.05, 0.1) is 16.8 Å². The maximum Gasteiger partial charge on any atom is 0.418 e. The number of alkyl halides is 6. The molecule has 1 amide bonds. The lowest BCUT2D eigenvalue weighted by atomic mass is 10.1. The molecule has 0 heterocycles. The lowest BCUT2D eigenvalue weighted by Gasteiger charge is -2.14. The van der Waals surface area contributed by atoms with Crippen molar-refractivity contribution >= 4 is 12.1 Å². The zero-order valence-corrected chi connectivity index (χ0v) is 7.99. The number of amides is 1. The number of nitrogens with one attached hydrogen (secondary N) is 1. The highest BCUT2D eigenvalue weighted by Crippen LogP contribution is 2.39. The standard InChI is InChI=1S/C9H5F6NO/c10-8(11,12)5-1-2-7(16-4-17)6(3-5)9(13,14)15/h1-4H,(H,16,17). The molecule has 0 saturated carbocycles. The minimum absolute atomic E-state index is 0.0438. The van der Waals surface area contributed by atoms with Crippen LogP contribution in [-0.4, -0.2) is 6.41 Å². The van der Waals surface area contributed by atoms with Crippen molar-refractivity contribution < 1.29 is 31.1 Å². The first-order valence-corrected chi connectivity index (χ1v) is 4.15. The molecule has 0 aliphatic heterocycles. The van der Waals surface area contributed by atoms with Crippen LogP contribution in [0.4, 0.5) is 32.0 Å². The second-order valence-corrected chi connectivity index (χ2v) is 3.02. The SMILES string of the molecule is O=CNc1ccc(C(F)(F)F)cc1C(F)(F)F. The highest BCUT2D eigenvalue weighted by Gasteiger charge is 2.38. The van der Waals surface area contributed by atoms with Crippen molar-refractivity contribution in [2.24, 2.45) is 0 Å². The molecule has 0 radical (unpaired) electrons. The molecule has 0 bridgehead atoms. The summed E-state index contributed by atoms with van der Waals surface area (Å²) in [6, 6.07) is 0.965. The van der Waals surface area contributed by atoms with Crippen molar-refractivity contribution in [2.75, 3.05) is 5.32 Å².